The zero-order chi connectivity index (χ0) is 17.6. The van der Waals surface area contributed by atoms with Crippen LogP contribution in [0, 0.1) is 0 Å². The predicted molar refractivity (Wildman–Crippen MR) is 93.9 cm³/mol. The number of nitrogens with zero attached hydrogens (tertiary/aromatic N) is 4. The van der Waals surface area contributed by atoms with Crippen LogP contribution in [0.15, 0.2) is 53.9 Å². The van der Waals surface area contributed by atoms with E-state index >= 15 is 0 Å². The minimum Gasteiger partial charge on any atom is -0.495 e. The lowest BCUT2D eigenvalue weighted by Crippen LogP contribution is -2.06. The van der Waals surface area contributed by atoms with Gasteiger partial charge in [-0.25, -0.2) is 0 Å². The number of rotatable bonds is 6. The molecule has 7 nitrogen and oxygen atoms in total. The van der Waals surface area contributed by atoms with Gasteiger partial charge in [0.05, 0.1) is 25.7 Å². The van der Waals surface area contributed by atoms with E-state index in [1.54, 1.807) is 19.5 Å². The second kappa shape index (κ2) is 7.80. The number of methoxy groups -OCH3 is 2. The summed E-state index contributed by atoms with van der Waals surface area (Å²) in [5.41, 5.74) is 1.59. The Hall–Kier alpha value is -2.87. The zero-order valence-electron chi connectivity index (χ0n) is 13.7. The molecule has 0 N–H and O–H groups in total. The largest absolute Gasteiger partial charge is 0.495 e. The number of para-hydroxylation sites is 2. The van der Waals surface area contributed by atoms with Gasteiger partial charge in [0.25, 0.3) is 0 Å². The van der Waals surface area contributed by atoms with Gasteiger partial charge in [-0.3, -0.25) is 14.3 Å². The highest BCUT2D eigenvalue weighted by molar-refractivity contribution is 7.99. The molecule has 0 unspecified atom stereocenters. The van der Waals surface area contributed by atoms with Crippen LogP contribution in [0.4, 0.5) is 0 Å². The van der Waals surface area contributed by atoms with E-state index in [9.17, 15) is 4.79 Å². The fourth-order valence-electron chi connectivity index (χ4n) is 2.26. The third-order valence-electron chi connectivity index (χ3n) is 3.43. The Morgan fingerprint density at radius 3 is 2.72 bits per heavy atom. The highest BCUT2D eigenvalue weighted by Gasteiger charge is 2.19. The second-order valence-electron chi connectivity index (χ2n) is 4.92. The van der Waals surface area contributed by atoms with Gasteiger partial charge in [0.15, 0.2) is 11.0 Å². The number of benzene rings is 1. The normalized spacial score (nSPS) is 10.5. The van der Waals surface area contributed by atoms with Gasteiger partial charge in [0, 0.05) is 18.0 Å². The summed E-state index contributed by atoms with van der Waals surface area (Å²) in [4.78, 5) is 15.6. The molecular weight excluding hydrogens is 340 g/mol. The highest BCUT2D eigenvalue weighted by Crippen LogP contribution is 2.32. The van der Waals surface area contributed by atoms with Crippen LogP contribution >= 0.6 is 11.8 Å². The molecule has 2 aromatic heterocycles. The van der Waals surface area contributed by atoms with Crippen LogP contribution in [-0.2, 0) is 9.53 Å². The SMILES string of the molecule is COC(=O)CSc1nnc(-c2cccnc2)n1-c1ccccc1OC. The van der Waals surface area contributed by atoms with Crippen molar-refractivity contribution in [2.24, 2.45) is 0 Å². The van der Waals surface area contributed by atoms with Gasteiger partial charge in [-0.15, -0.1) is 10.2 Å². The van der Waals surface area contributed by atoms with Crippen LogP contribution in [0.3, 0.4) is 0 Å². The number of thioether (sulfide) groups is 1. The molecule has 1 aromatic carbocycles. The van der Waals surface area contributed by atoms with Crippen molar-refractivity contribution < 1.29 is 14.3 Å². The van der Waals surface area contributed by atoms with Crippen molar-refractivity contribution in [3.8, 4) is 22.8 Å². The van der Waals surface area contributed by atoms with Crippen molar-refractivity contribution in [1.29, 1.82) is 0 Å². The third kappa shape index (κ3) is 3.63. The molecular formula is C17H16N4O3S. The second-order valence-corrected chi connectivity index (χ2v) is 5.86. The molecule has 0 saturated heterocycles. The number of esters is 1. The van der Waals surface area contributed by atoms with Crippen LogP contribution in [0.1, 0.15) is 0 Å². The van der Waals surface area contributed by atoms with Gasteiger partial charge in [-0.1, -0.05) is 23.9 Å². The number of carbonyl (C=O) groups excluding carboxylic acids is 1. The van der Waals surface area contributed by atoms with Crippen LogP contribution in [0.5, 0.6) is 5.75 Å². The number of pyridine rings is 1. The topological polar surface area (TPSA) is 79.1 Å². The summed E-state index contributed by atoms with van der Waals surface area (Å²) in [5, 5.41) is 9.09. The Morgan fingerprint density at radius 1 is 1.16 bits per heavy atom. The number of carbonyl (C=O) groups is 1. The van der Waals surface area contributed by atoms with Crippen molar-refractivity contribution in [3.05, 3.63) is 48.8 Å². The molecule has 0 atom stereocenters. The van der Waals surface area contributed by atoms with E-state index < -0.39 is 0 Å². The van der Waals surface area contributed by atoms with Gasteiger partial charge >= 0.3 is 5.97 Å². The Morgan fingerprint density at radius 2 is 2.00 bits per heavy atom. The standard InChI is InChI=1S/C17H16N4O3S/c1-23-14-8-4-3-7-13(14)21-16(12-6-5-9-18-10-12)19-20-17(21)25-11-15(22)24-2/h3-10H,11H2,1-2H3. The highest BCUT2D eigenvalue weighted by atomic mass is 32.2. The molecule has 25 heavy (non-hydrogen) atoms. The maximum atomic E-state index is 11.5. The number of aromatic nitrogens is 4. The van der Waals surface area contributed by atoms with Gasteiger partial charge in [-0.05, 0) is 24.3 Å². The summed E-state index contributed by atoms with van der Waals surface area (Å²) in [6.07, 6.45) is 3.41. The number of hydrogen-bond acceptors (Lipinski definition) is 7. The molecule has 128 valence electrons. The molecule has 0 radical (unpaired) electrons. The third-order valence-corrected chi connectivity index (χ3v) is 4.33. The van der Waals surface area contributed by atoms with Crippen LogP contribution < -0.4 is 4.74 Å². The summed E-state index contributed by atoms with van der Waals surface area (Å²) < 4.78 is 12.0. The smallest absolute Gasteiger partial charge is 0.316 e. The van der Waals surface area contributed by atoms with Gasteiger partial charge in [0.2, 0.25) is 0 Å². The number of hydrogen-bond donors (Lipinski definition) is 0. The summed E-state index contributed by atoms with van der Waals surface area (Å²) in [5.74, 6) is 1.09. The summed E-state index contributed by atoms with van der Waals surface area (Å²) >= 11 is 1.25. The molecule has 3 aromatic rings. The van der Waals surface area contributed by atoms with Crippen molar-refractivity contribution in [1.82, 2.24) is 19.7 Å². The molecule has 0 bridgehead atoms. The van der Waals surface area contributed by atoms with E-state index in [2.05, 4.69) is 15.2 Å². The molecule has 2 heterocycles. The summed E-state index contributed by atoms with van der Waals surface area (Å²) in [6.45, 7) is 0. The van der Waals surface area contributed by atoms with Gasteiger partial charge in [0.1, 0.15) is 5.75 Å². The maximum Gasteiger partial charge on any atom is 0.316 e. The Bertz CT molecular complexity index is 867. The molecule has 0 fully saturated rings. The van der Waals surface area contributed by atoms with E-state index in [-0.39, 0.29) is 11.7 Å². The first-order chi connectivity index (χ1) is 12.2. The summed E-state index contributed by atoms with van der Waals surface area (Å²) in [7, 11) is 2.96. The predicted octanol–water partition coefficient (Wildman–Crippen LogP) is 2.60. The van der Waals surface area contributed by atoms with Crippen molar-refractivity contribution >= 4 is 17.7 Å². The molecule has 8 heteroatoms. The van der Waals surface area contributed by atoms with E-state index in [0.717, 1.165) is 11.3 Å². The van der Waals surface area contributed by atoms with E-state index in [0.29, 0.717) is 16.7 Å². The minimum absolute atomic E-state index is 0.136. The molecule has 0 spiro atoms. The molecule has 0 amide bonds. The first kappa shape index (κ1) is 17.0. The minimum atomic E-state index is -0.331. The molecule has 0 aliphatic carbocycles. The van der Waals surface area contributed by atoms with E-state index in [4.69, 9.17) is 9.47 Å². The fraction of sp³-hybridized carbons (Fsp3) is 0.176. The summed E-state index contributed by atoms with van der Waals surface area (Å²) in [6, 6.07) is 11.3. The van der Waals surface area contributed by atoms with Crippen LogP contribution in [0.25, 0.3) is 17.1 Å². The average Bonchev–Trinajstić information content (AvgIpc) is 3.10. The Labute approximate surface area is 149 Å². The van der Waals surface area contributed by atoms with E-state index in [1.807, 2.05) is 41.0 Å². The average molecular weight is 356 g/mol. The monoisotopic (exact) mass is 356 g/mol. The Kier molecular flexibility index (Phi) is 5.30. The van der Waals surface area contributed by atoms with Crippen molar-refractivity contribution in [2.45, 2.75) is 5.16 Å². The van der Waals surface area contributed by atoms with E-state index in [1.165, 1.54) is 18.9 Å². The van der Waals surface area contributed by atoms with Crippen LogP contribution in [-0.4, -0.2) is 45.7 Å². The first-order valence-electron chi connectivity index (χ1n) is 7.43. The lowest BCUT2D eigenvalue weighted by Gasteiger charge is -2.13. The van der Waals surface area contributed by atoms with Gasteiger partial charge < -0.3 is 9.47 Å². The maximum absolute atomic E-state index is 11.5. The van der Waals surface area contributed by atoms with Crippen LogP contribution in [0.2, 0.25) is 0 Å². The Balaban J connectivity index is 2.11. The fourth-order valence-corrected chi connectivity index (χ4v) is 3.04. The first-order valence-corrected chi connectivity index (χ1v) is 8.42. The molecule has 0 saturated carbocycles. The lowest BCUT2D eigenvalue weighted by molar-refractivity contribution is -0.137. The molecule has 0 aliphatic rings. The molecule has 3 rings (SSSR count). The zero-order valence-corrected chi connectivity index (χ0v) is 14.6. The quantitative estimate of drug-likeness (QED) is 0.496. The number of ether oxygens (including phenoxy) is 2. The van der Waals surface area contributed by atoms with Gasteiger partial charge in [-0.2, -0.15) is 0 Å². The van der Waals surface area contributed by atoms with Crippen molar-refractivity contribution in [2.75, 3.05) is 20.0 Å². The van der Waals surface area contributed by atoms with Crippen molar-refractivity contribution in [3.63, 3.8) is 0 Å². The lowest BCUT2D eigenvalue weighted by atomic mass is 10.2. The molecule has 0 aliphatic heterocycles.